The second-order valence-corrected chi connectivity index (χ2v) is 5.41. The summed E-state index contributed by atoms with van der Waals surface area (Å²) < 4.78 is 0. The van der Waals surface area contributed by atoms with Crippen molar-refractivity contribution in [2.24, 2.45) is 0 Å². The zero-order chi connectivity index (χ0) is 12.3. The van der Waals surface area contributed by atoms with Crippen LogP contribution in [0.3, 0.4) is 0 Å². The number of hydrogen-bond donors (Lipinski definition) is 2. The van der Waals surface area contributed by atoms with Gasteiger partial charge in [0.15, 0.2) is 5.13 Å². The molecule has 0 radical (unpaired) electrons. The van der Waals surface area contributed by atoms with Gasteiger partial charge < -0.3 is 11.1 Å². The Hall–Kier alpha value is -1.14. The van der Waals surface area contributed by atoms with Crippen LogP contribution in [0.4, 0.5) is 5.13 Å². The minimum Gasteiger partial charge on any atom is -0.375 e. The van der Waals surface area contributed by atoms with E-state index in [1.165, 1.54) is 11.3 Å². The molecule has 1 amide bonds. The maximum Gasteiger partial charge on any atom is 0.237 e. The van der Waals surface area contributed by atoms with Crippen molar-refractivity contribution >= 4 is 22.4 Å². The topological polar surface area (TPSA) is 71.2 Å². The molecule has 94 valence electrons. The molecular formula is C11H18N4OS. The van der Waals surface area contributed by atoms with Gasteiger partial charge in [0.2, 0.25) is 5.91 Å². The average Bonchev–Trinajstić information content (AvgIpc) is 2.74. The van der Waals surface area contributed by atoms with Crippen LogP contribution in [0.2, 0.25) is 0 Å². The van der Waals surface area contributed by atoms with Crippen LogP contribution in [0.5, 0.6) is 0 Å². The first-order chi connectivity index (χ1) is 8.20. The third-order valence-electron chi connectivity index (χ3n) is 3.09. The monoisotopic (exact) mass is 254 g/mol. The van der Waals surface area contributed by atoms with Gasteiger partial charge in [-0.05, 0) is 19.4 Å². The zero-order valence-corrected chi connectivity index (χ0v) is 10.8. The van der Waals surface area contributed by atoms with E-state index in [9.17, 15) is 4.79 Å². The van der Waals surface area contributed by atoms with Gasteiger partial charge in [-0.1, -0.05) is 6.42 Å². The fourth-order valence-corrected chi connectivity index (χ4v) is 2.95. The average molecular weight is 254 g/mol. The van der Waals surface area contributed by atoms with Crippen LogP contribution in [-0.2, 0) is 11.3 Å². The third kappa shape index (κ3) is 2.95. The second kappa shape index (κ2) is 5.46. The molecule has 0 saturated carbocycles. The minimum absolute atomic E-state index is 0.00271. The predicted molar refractivity (Wildman–Crippen MR) is 68.6 cm³/mol. The van der Waals surface area contributed by atoms with Crippen molar-refractivity contribution in [3.05, 3.63) is 11.1 Å². The van der Waals surface area contributed by atoms with E-state index in [0.717, 1.165) is 37.2 Å². The number of nitrogens with one attached hydrogen (secondary N) is 1. The van der Waals surface area contributed by atoms with Crippen molar-refractivity contribution in [2.45, 2.75) is 31.8 Å². The summed E-state index contributed by atoms with van der Waals surface area (Å²) in [5, 5.41) is 3.33. The fraction of sp³-hybridized carbons (Fsp3) is 0.636. The number of likely N-dealkylation sites (tertiary alicyclic amines) is 1. The van der Waals surface area contributed by atoms with E-state index < -0.39 is 0 Å². The lowest BCUT2D eigenvalue weighted by molar-refractivity contribution is -0.127. The molecule has 0 aromatic carbocycles. The quantitative estimate of drug-likeness (QED) is 0.838. The fourth-order valence-electron chi connectivity index (χ4n) is 2.24. The molecule has 1 atom stereocenters. The van der Waals surface area contributed by atoms with Crippen LogP contribution in [0.15, 0.2) is 6.20 Å². The van der Waals surface area contributed by atoms with Crippen molar-refractivity contribution in [3.8, 4) is 0 Å². The van der Waals surface area contributed by atoms with Crippen LogP contribution in [0, 0.1) is 0 Å². The van der Waals surface area contributed by atoms with Crippen molar-refractivity contribution in [1.29, 1.82) is 0 Å². The van der Waals surface area contributed by atoms with Gasteiger partial charge in [-0.25, -0.2) is 4.98 Å². The number of likely N-dealkylation sites (N-methyl/N-ethyl adjacent to an activating group) is 1. The van der Waals surface area contributed by atoms with E-state index in [0.29, 0.717) is 5.13 Å². The number of nitrogens with two attached hydrogens (primary N) is 1. The Bertz CT molecular complexity index is 393. The molecule has 1 fully saturated rings. The Morgan fingerprint density at radius 1 is 1.71 bits per heavy atom. The summed E-state index contributed by atoms with van der Waals surface area (Å²) in [4.78, 5) is 19.2. The Morgan fingerprint density at radius 3 is 3.18 bits per heavy atom. The number of rotatable bonds is 3. The summed E-state index contributed by atoms with van der Waals surface area (Å²) in [6.07, 6.45) is 5.02. The summed E-state index contributed by atoms with van der Waals surface area (Å²) >= 11 is 1.50. The van der Waals surface area contributed by atoms with Gasteiger partial charge in [-0.2, -0.15) is 0 Å². The number of hydrogen-bond acceptors (Lipinski definition) is 5. The highest BCUT2D eigenvalue weighted by Crippen LogP contribution is 2.23. The summed E-state index contributed by atoms with van der Waals surface area (Å²) in [7, 11) is 1.69. The molecule has 0 spiro atoms. The molecule has 6 heteroatoms. The highest BCUT2D eigenvalue weighted by atomic mass is 32.1. The molecule has 1 aliphatic rings. The lowest BCUT2D eigenvalue weighted by Crippen LogP contribution is -2.48. The molecule has 3 N–H and O–H groups in total. The largest absolute Gasteiger partial charge is 0.375 e. The first-order valence-corrected chi connectivity index (χ1v) is 6.68. The standard InChI is InChI=1S/C11H18N4OS/c1-13-10(16)9-4-2-3-5-15(9)7-8-6-14-11(12)17-8/h6,9H,2-5,7H2,1H3,(H2,12,14)(H,13,16). The summed E-state index contributed by atoms with van der Waals surface area (Å²) in [6.45, 7) is 1.74. The van der Waals surface area contributed by atoms with Crippen LogP contribution in [0.1, 0.15) is 24.1 Å². The van der Waals surface area contributed by atoms with Gasteiger partial charge in [-0.3, -0.25) is 9.69 Å². The van der Waals surface area contributed by atoms with E-state index in [1.807, 2.05) is 0 Å². The molecular weight excluding hydrogens is 236 g/mol. The van der Waals surface area contributed by atoms with Gasteiger partial charge in [-0.15, -0.1) is 11.3 Å². The number of amides is 1. The summed E-state index contributed by atoms with van der Waals surface area (Å²) in [5.41, 5.74) is 5.61. The first kappa shape index (κ1) is 12.3. The molecule has 1 unspecified atom stereocenters. The predicted octanol–water partition coefficient (Wildman–Crippen LogP) is 0.826. The summed E-state index contributed by atoms with van der Waals surface area (Å²) in [6, 6.07) is -0.00271. The number of piperidine rings is 1. The molecule has 1 saturated heterocycles. The molecule has 0 aliphatic carbocycles. The van der Waals surface area contributed by atoms with Gasteiger partial charge in [0.1, 0.15) is 0 Å². The van der Waals surface area contributed by atoms with Crippen LogP contribution in [-0.4, -0.2) is 35.4 Å². The zero-order valence-electron chi connectivity index (χ0n) is 9.98. The Morgan fingerprint density at radius 2 is 2.53 bits per heavy atom. The smallest absolute Gasteiger partial charge is 0.237 e. The summed E-state index contributed by atoms with van der Waals surface area (Å²) in [5.74, 6) is 0.113. The number of nitrogen functional groups attached to an aromatic ring is 1. The van der Waals surface area contributed by atoms with Gasteiger partial charge in [0.05, 0.1) is 6.04 Å². The van der Waals surface area contributed by atoms with Crippen LogP contribution in [0.25, 0.3) is 0 Å². The lowest BCUT2D eigenvalue weighted by atomic mass is 10.0. The van der Waals surface area contributed by atoms with Crippen molar-refractivity contribution in [3.63, 3.8) is 0 Å². The molecule has 1 aromatic rings. The van der Waals surface area contributed by atoms with Crippen LogP contribution < -0.4 is 11.1 Å². The normalized spacial score (nSPS) is 21.4. The molecule has 1 aromatic heterocycles. The number of carbonyl (C=O) groups is 1. The number of nitrogens with zero attached hydrogens (tertiary/aromatic N) is 2. The number of aromatic nitrogens is 1. The molecule has 2 rings (SSSR count). The van der Waals surface area contributed by atoms with E-state index >= 15 is 0 Å². The second-order valence-electron chi connectivity index (χ2n) is 4.26. The Balaban J connectivity index is 2.03. The SMILES string of the molecule is CNC(=O)C1CCCCN1Cc1cnc(N)s1. The maximum atomic E-state index is 11.8. The van der Waals surface area contributed by atoms with E-state index in [2.05, 4.69) is 15.2 Å². The maximum absolute atomic E-state index is 11.8. The molecule has 1 aliphatic heterocycles. The highest BCUT2D eigenvalue weighted by Gasteiger charge is 2.28. The van der Waals surface area contributed by atoms with Gasteiger partial charge in [0.25, 0.3) is 0 Å². The molecule has 17 heavy (non-hydrogen) atoms. The minimum atomic E-state index is -0.00271. The number of thiazole rings is 1. The third-order valence-corrected chi connectivity index (χ3v) is 3.90. The molecule has 5 nitrogen and oxygen atoms in total. The van der Waals surface area contributed by atoms with Gasteiger partial charge >= 0.3 is 0 Å². The van der Waals surface area contributed by atoms with E-state index in [-0.39, 0.29) is 11.9 Å². The van der Waals surface area contributed by atoms with Gasteiger partial charge in [0, 0.05) is 24.7 Å². The lowest BCUT2D eigenvalue weighted by Gasteiger charge is -2.33. The Kier molecular flexibility index (Phi) is 3.96. The van der Waals surface area contributed by atoms with Crippen molar-refractivity contribution in [2.75, 3.05) is 19.3 Å². The molecule has 0 bridgehead atoms. The first-order valence-electron chi connectivity index (χ1n) is 5.86. The van der Waals surface area contributed by atoms with Crippen LogP contribution >= 0.6 is 11.3 Å². The van der Waals surface area contributed by atoms with E-state index in [1.54, 1.807) is 13.2 Å². The molecule has 2 heterocycles. The number of anilines is 1. The van der Waals surface area contributed by atoms with Crippen molar-refractivity contribution in [1.82, 2.24) is 15.2 Å². The number of carbonyl (C=O) groups excluding carboxylic acids is 1. The Labute approximate surface area is 105 Å². The van der Waals surface area contributed by atoms with E-state index in [4.69, 9.17) is 5.73 Å². The van der Waals surface area contributed by atoms with Crippen molar-refractivity contribution < 1.29 is 4.79 Å². The highest BCUT2D eigenvalue weighted by molar-refractivity contribution is 7.15.